The van der Waals surface area contributed by atoms with Crippen molar-refractivity contribution in [3.05, 3.63) is 48.3 Å². The van der Waals surface area contributed by atoms with Crippen molar-refractivity contribution in [2.24, 2.45) is 0 Å². The molecule has 20 heavy (non-hydrogen) atoms. The molecule has 2 atom stereocenters. The van der Waals surface area contributed by atoms with Gasteiger partial charge in [0.1, 0.15) is 0 Å². The molecule has 1 fully saturated rings. The molecule has 3 N–H and O–H groups in total. The molecule has 1 aliphatic heterocycles. The van der Waals surface area contributed by atoms with Crippen LogP contribution in [0.25, 0.3) is 5.69 Å². The molecule has 3 rings (SSSR count). The van der Waals surface area contributed by atoms with E-state index in [1.54, 1.807) is 23.0 Å². The standard InChI is InChI=1S/C14H16N4O2/c19-13-9-15-8-12(13)17-14(20)10-2-4-11(5-3-10)18-7-1-6-16-18/h1-7,12-13,15,19H,8-9H2,(H,17,20)/t12-,13+/m0/s1. The summed E-state index contributed by atoms with van der Waals surface area (Å²) in [6.45, 7) is 1.11. The minimum absolute atomic E-state index is 0.176. The van der Waals surface area contributed by atoms with Crippen molar-refractivity contribution in [3.8, 4) is 5.69 Å². The van der Waals surface area contributed by atoms with Crippen LogP contribution >= 0.6 is 0 Å². The van der Waals surface area contributed by atoms with Gasteiger partial charge in [-0.25, -0.2) is 4.68 Å². The normalized spacial score (nSPS) is 21.9. The van der Waals surface area contributed by atoms with Crippen LogP contribution in [0.5, 0.6) is 0 Å². The molecule has 0 saturated carbocycles. The molecular weight excluding hydrogens is 256 g/mol. The van der Waals surface area contributed by atoms with Crippen LogP contribution < -0.4 is 10.6 Å². The number of aromatic nitrogens is 2. The zero-order chi connectivity index (χ0) is 13.9. The second kappa shape index (κ2) is 5.44. The zero-order valence-corrected chi connectivity index (χ0v) is 10.9. The lowest BCUT2D eigenvalue weighted by Crippen LogP contribution is -2.42. The molecule has 6 heteroatoms. The first-order valence-corrected chi connectivity index (χ1v) is 6.54. The molecule has 2 heterocycles. The zero-order valence-electron chi connectivity index (χ0n) is 10.9. The smallest absolute Gasteiger partial charge is 0.251 e. The molecule has 0 aliphatic carbocycles. The maximum Gasteiger partial charge on any atom is 0.251 e. The topological polar surface area (TPSA) is 79.2 Å². The SMILES string of the molecule is O=C(N[C@H]1CNC[C@H]1O)c1ccc(-n2cccn2)cc1. The Kier molecular flexibility index (Phi) is 3.49. The van der Waals surface area contributed by atoms with Crippen LogP contribution in [0.1, 0.15) is 10.4 Å². The highest BCUT2D eigenvalue weighted by molar-refractivity contribution is 5.94. The highest BCUT2D eigenvalue weighted by Gasteiger charge is 2.26. The first-order valence-electron chi connectivity index (χ1n) is 6.54. The third-order valence-electron chi connectivity index (χ3n) is 3.40. The van der Waals surface area contributed by atoms with Crippen molar-refractivity contribution in [1.29, 1.82) is 0 Å². The van der Waals surface area contributed by atoms with Gasteiger partial charge in [0, 0.05) is 31.0 Å². The molecule has 1 aromatic carbocycles. The summed E-state index contributed by atoms with van der Waals surface area (Å²) in [4.78, 5) is 12.1. The van der Waals surface area contributed by atoms with E-state index in [9.17, 15) is 9.90 Å². The van der Waals surface area contributed by atoms with Crippen molar-refractivity contribution in [3.63, 3.8) is 0 Å². The Balaban J connectivity index is 1.69. The summed E-state index contributed by atoms with van der Waals surface area (Å²) in [5.74, 6) is -0.176. The largest absolute Gasteiger partial charge is 0.390 e. The maximum absolute atomic E-state index is 12.1. The second-order valence-electron chi connectivity index (χ2n) is 4.80. The number of aliphatic hydroxyl groups is 1. The predicted molar refractivity (Wildman–Crippen MR) is 73.7 cm³/mol. The lowest BCUT2D eigenvalue weighted by atomic mass is 10.1. The summed E-state index contributed by atoms with van der Waals surface area (Å²) in [7, 11) is 0. The molecule has 1 amide bonds. The molecule has 0 spiro atoms. The number of nitrogens with zero attached hydrogens (tertiary/aromatic N) is 2. The van der Waals surface area contributed by atoms with Crippen LogP contribution in [-0.2, 0) is 0 Å². The van der Waals surface area contributed by atoms with E-state index in [1.165, 1.54) is 0 Å². The lowest BCUT2D eigenvalue weighted by Gasteiger charge is -2.15. The first kappa shape index (κ1) is 12.8. The van der Waals surface area contributed by atoms with Crippen molar-refractivity contribution in [2.75, 3.05) is 13.1 Å². The maximum atomic E-state index is 12.1. The number of rotatable bonds is 3. The van der Waals surface area contributed by atoms with Crippen molar-refractivity contribution >= 4 is 5.91 Å². The number of β-amino-alcohol motifs (C(OH)–C–C–N with tert-alkyl or cyclic N) is 1. The van der Waals surface area contributed by atoms with Crippen molar-refractivity contribution in [2.45, 2.75) is 12.1 Å². The third kappa shape index (κ3) is 2.56. The van der Waals surface area contributed by atoms with E-state index in [1.807, 2.05) is 24.4 Å². The Morgan fingerprint density at radius 2 is 2.15 bits per heavy atom. The van der Waals surface area contributed by atoms with Crippen LogP contribution in [0, 0.1) is 0 Å². The number of amides is 1. The second-order valence-corrected chi connectivity index (χ2v) is 4.80. The number of hydrogen-bond acceptors (Lipinski definition) is 4. The van der Waals surface area contributed by atoms with Gasteiger partial charge in [-0.05, 0) is 30.3 Å². The van der Waals surface area contributed by atoms with Crippen LogP contribution in [-0.4, -0.2) is 46.0 Å². The monoisotopic (exact) mass is 272 g/mol. The van der Waals surface area contributed by atoms with Gasteiger partial charge in [-0.15, -0.1) is 0 Å². The first-order chi connectivity index (χ1) is 9.74. The fourth-order valence-electron chi connectivity index (χ4n) is 2.25. The van der Waals surface area contributed by atoms with Crippen LogP contribution in [0.4, 0.5) is 0 Å². The molecule has 1 aromatic heterocycles. The number of carbonyl (C=O) groups excluding carboxylic acids is 1. The number of carbonyl (C=O) groups is 1. The lowest BCUT2D eigenvalue weighted by molar-refractivity contribution is 0.0888. The number of hydrogen-bond donors (Lipinski definition) is 3. The summed E-state index contributed by atoms with van der Waals surface area (Å²) in [6, 6.07) is 8.79. The van der Waals surface area contributed by atoms with E-state index < -0.39 is 6.10 Å². The van der Waals surface area contributed by atoms with Gasteiger partial charge >= 0.3 is 0 Å². The summed E-state index contributed by atoms with van der Waals surface area (Å²) < 4.78 is 1.73. The molecule has 2 aromatic rings. The van der Waals surface area contributed by atoms with Crippen LogP contribution in [0.3, 0.4) is 0 Å². The average molecular weight is 272 g/mol. The van der Waals surface area contributed by atoms with Gasteiger partial charge in [-0.1, -0.05) is 0 Å². The van der Waals surface area contributed by atoms with Gasteiger partial charge in [0.05, 0.1) is 17.8 Å². The predicted octanol–water partition coefficient (Wildman–Crippen LogP) is -0.0652. The van der Waals surface area contributed by atoms with E-state index in [0.29, 0.717) is 18.7 Å². The average Bonchev–Trinajstić information content (AvgIpc) is 3.12. The third-order valence-corrected chi connectivity index (χ3v) is 3.40. The van der Waals surface area contributed by atoms with Gasteiger partial charge in [0.2, 0.25) is 0 Å². The highest BCUT2D eigenvalue weighted by atomic mass is 16.3. The Morgan fingerprint density at radius 3 is 2.75 bits per heavy atom. The Labute approximate surface area is 116 Å². The van der Waals surface area contributed by atoms with Crippen LogP contribution in [0.2, 0.25) is 0 Å². The molecule has 1 aliphatic rings. The van der Waals surface area contributed by atoms with Crippen molar-refractivity contribution in [1.82, 2.24) is 20.4 Å². The Bertz CT molecular complexity index is 580. The molecular formula is C14H16N4O2. The minimum Gasteiger partial charge on any atom is -0.390 e. The number of benzene rings is 1. The van der Waals surface area contributed by atoms with E-state index in [-0.39, 0.29) is 11.9 Å². The molecule has 0 bridgehead atoms. The fourth-order valence-corrected chi connectivity index (χ4v) is 2.25. The number of nitrogens with one attached hydrogen (secondary N) is 2. The summed E-state index contributed by atoms with van der Waals surface area (Å²) in [6.07, 6.45) is 3.02. The Hall–Kier alpha value is -2.18. The molecule has 1 saturated heterocycles. The Morgan fingerprint density at radius 1 is 1.35 bits per heavy atom. The van der Waals surface area contributed by atoms with Gasteiger partial charge in [-0.2, -0.15) is 5.10 Å². The van der Waals surface area contributed by atoms with E-state index in [2.05, 4.69) is 15.7 Å². The fraction of sp³-hybridized carbons (Fsp3) is 0.286. The summed E-state index contributed by atoms with van der Waals surface area (Å²) >= 11 is 0. The van der Waals surface area contributed by atoms with Gasteiger partial charge in [0.25, 0.3) is 5.91 Å². The molecule has 0 unspecified atom stereocenters. The highest BCUT2D eigenvalue weighted by Crippen LogP contribution is 2.09. The quantitative estimate of drug-likeness (QED) is 0.731. The van der Waals surface area contributed by atoms with Gasteiger partial charge in [0.15, 0.2) is 0 Å². The van der Waals surface area contributed by atoms with Gasteiger partial charge < -0.3 is 15.7 Å². The van der Waals surface area contributed by atoms with E-state index >= 15 is 0 Å². The summed E-state index contributed by atoms with van der Waals surface area (Å²) in [5, 5.41) is 19.6. The minimum atomic E-state index is -0.526. The van der Waals surface area contributed by atoms with Crippen LogP contribution in [0.15, 0.2) is 42.7 Å². The molecule has 6 nitrogen and oxygen atoms in total. The van der Waals surface area contributed by atoms with E-state index in [4.69, 9.17) is 0 Å². The molecule has 0 radical (unpaired) electrons. The molecule has 104 valence electrons. The van der Waals surface area contributed by atoms with Gasteiger partial charge in [-0.3, -0.25) is 4.79 Å². The van der Waals surface area contributed by atoms with Crippen molar-refractivity contribution < 1.29 is 9.90 Å². The summed E-state index contributed by atoms with van der Waals surface area (Å²) in [5.41, 5.74) is 1.47. The number of aliphatic hydroxyl groups excluding tert-OH is 1. The van der Waals surface area contributed by atoms with E-state index in [0.717, 1.165) is 5.69 Å².